The van der Waals surface area contributed by atoms with E-state index in [1.165, 1.54) is 5.56 Å². The number of fused-ring (bicyclic) bond motifs is 2. The van der Waals surface area contributed by atoms with E-state index in [9.17, 15) is 9.90 Å². The lowest BCUT2D eigenvalue weighted by Gasteiger charge is -2.38. The molecule has 0 unspecified atom stereocenters. The minimum Gasteiger partial charge on any atom is -0.493 e. The Morgan fingerprint density at radius 3 is 2.93 bits per heavy atom. The summed E-state index contributed by atoms with van der Waals surface area (Å²) in [5.74, 6) is 1.32. The second-order valence-electron chi connectivity index (χ2n) is 7.95. The number of aromatic nitrogens is 1. The summed E-state index contributed by atoms with van der Waals surface area (Å²) in [6.45, 7) is 0.710. The number of carbonyl (C=O) groups is 1. The molecule has 1 aromatic carbocycles. The summed E-state index contributed by atoms with van der Waals surface area (Å²) < 4.78 is 11.0. The third-order valence-corrected chi connectivity index (χ3v) is 6.15. The Morgan fingerprint density at radius 1 is 1.22 bits per heavy atom. The standard InChI is InChI=1S/C21H24N2O4/c24-15-10-14(11-15)19(13-5-6-18-12(9-13)7-8-26-18)22-21(25)20-16-3-1-2-4-17(16)23-27-20/h5-6,9,14-15,19,24H,1-4,7-8,10-11H2,(H,22,25)/t14?,15?,19-/m1/s1. The summed E-state index contributed by atoms with van der Waals surface area (Å²) in [5.41, 5.74) is 4.15. The van der Waals surface area contributed by atoms with E-state index in [0.29, 0.717) is 25.2 Å². The van der Waals surface area contributed by atoms with Crippen molar-refractivity contribution in [1.29, 1.82) is 0 Å². The van der Waals surface area contributed by atoms with Crippen LogP contribution in [0, 0.1) is 5.92 Å². The van der Waals surface area contributed by atoms with Crippen LogP contribution in [-0.4, -0.2) is 28.9 Å². The normalized spacial score (nSPS) is 24.3. The van der Waals surface area contributed by atoms with Crippen LogP contribution in [-0.2, 0) is 19.3 Å². The molecule has 0 spiro atoms. The van der Waals surface area contributed by atoms with Gasteiger partial charge in [-0.2, -0.15) is 0 Å². The van der Waals surface area contributed by atoms with E-state index in [4.69, 9.17) is 9.26 Å². The number of carbonyl (C=O) groups excluding carboxylic acids is 1. The number of nitrogens with one attached hydrogen (secondary N) is 1. The van der Waals surface area contributed by atoms with Crippen molar-refractivity contribution in [2.24, 2.45) is 5.92 Å². The second kappa shape index (κ2) is 6.68. The fourth-order valence-electron chi connectivity index (χ4n) is 4.55. The molecular formula is C21H24N2O4. The van der Waals surface area contributed by atoms with Crippen LogP contribution in [0.25, 0.3) is 0 Å². The zero-order valence-corrected chi connectivity index (χ0v) is 15.2. The number of amides is 1. The molecule has 6 nitrogen and oxygen atoms in total. The highest BCUT2D eigenvalue weighted by Crippen LogP contribution is 2.40. The Balaban J connectivity index is 1.41. The van der Waals surface area contributed by atoms with Crippen molar-refractivity contribution in [2.75, 3.05) is 6.61 Å². The lowest BCUT2D eigenvalue weighted by molar-refractivity contribution is 0.0231. The van der Waals surface area contributed by atoms with E-state index < -0.39 is 0 Å². The topological polar surface area (TPSA) is 84.6 Å². The first-order valence-electron chi connectivity index (χ1n) is 9.91. The van der Waals surface area contributed by atoms with Crippen molar-refractivity contribution in [1.82, 2.24) is 10.5 Å². The highest BCUT2D eigenvalue weighted by molar-refractivity contribution is 5.93. The molecule has 0 radical (unpaired) electrons. The van der Waals surface area contributed by atoms with E-state index in [1.54, 1.807) is 0 Å². The first kappa shape index (κ1) is 16.8. The maximum atomic E-state index is 13.0. The number of benzene rings is 1. The zero-order valence-electron chi connectivity index (χ0n) is 15.2. The van der Waals surface area contributed by atoms with Crippen molar-refractivity contribution in [3.63, 3.8) is 0 Å². The number of rotatable bonds is 4. The van der Waals surface area contributed by atoms with Crippen molar-refractivity contribution >= 4 is 5.91 Å². The fraction of sp³-hybridized carbons (Fsp3) is 0.524. The Bertz CT molecular complexity index is 869. The van der Waals surface area contributed by atoms with Crippen LogP contribution in [0.1, 0.15) is 64.7 Å². The maximum Gasteiger partial charge on any atom is 0.290 e. The van der Waals surface area contributed by atoms with Crippen LogP contribution >= 0.6 is 0 Å². The molecule has 142 valence electrons. The summed E-state index contributed by atoms with van der Waals surface area (Å²) in [4.78, 5) is 13.0. The van der Waals surface area contributed by atoms with Gasteiger partial charge in [0.15, 0.2) is 0 Å². The molecule has 2 aliphatic carbocycles. The monoisotopic (exact) mass is 368 g/mol. The average molecular weight is 368 g/mol. The first-order valence-corrected chi connectivity index (χ1v) is 9.91. The van der Waals surface area contributed by atoms with Crippen LogP contribution in [0.5, 0.6) is 5.75 Å². The van der Waals surface area contributed by atoms with Gasteiger partial charge in [0.2, 0.25) is 5.76 Å². The largest absolute Gasteiger partial charge is 0.493 e. The fourth-order valence-corrected chi connectivity index (χ4v) is 4.55. The van der Waals surface area contributed by atoms with Crippen molar-refractivity contribution in [3.8, 4) is 5.75 Å². The number of ether oxygens (including phenoxy) is 1. The second-order valence-corrected chi connectivity index (χ2v) is 7.95. The van der Waals surface area contributed by atoms with E-state index in [2.05, 4.69) is 16.5 Å². The van der Waals surface area contributed by atoms with Gasteiger partial charge in [-0.25, -0.2) is 0 Å². The van der Waals surface area contributed by atoms with Gasteiger partial charge in [0.25, 0.3) is 5.91 Å². The molecule has 2 aromatic rings. The van der Waals surface area contributed by atoms with Crippen molar-refractivity contribution < 1.29 is 19.2 Å². The molecule has 1 aromatic heterocycles. The number of aryl methyl sites for hydroxylation is 1. The number of aliphatic hydroxyl groups excluding tert-OH is 1. The molecule has 3 aliphatic rings. The predicted molar refractivity (Wildman–Crippen MR) is 97.7 cm³/mol. The van der Waals surface area contributed by atoms with Crippen LogP contribution < -0.4 is 10.1 Å². The smallest absolute Gasteiger partial charge is 0.290 e. The van der Waals surface area contributed by atoms with E-state index >= 15 is 0 Å². The minimum absolute atomic E-state index is 0.142. The van der Waals surface area contributed by atoms with Gasteiger partial charge in [-0.1, -0.05) is 11.2 Å². The number of hydrogen-bond donors (Lipinski definition) is 2. The Hall–Kier alpha value is -2.34. The molecule has 6 heteroatoms. The minimum atomic E-state index is -0.273. The van der Waals surface area contributed by atoms with E-state index in [0.717, 1.165) is 54.7 Å². The predicted octanol–water partition coefficient (Wildman–Crippen LogP) is 2.73. The van der Waals surface area contributed by atoms with Gasteiger partial charge >= 0.3 is 0 Å². The van der Waals surface area contributed by atoms with Gasteiger partial charge in [-0.3, -0.25) is 4.79 Å². The van der Waals surface area contributed by atoms with Gasteiger partial charge in [-0.15, -0.1) is 0 Å². The Labute approximate surface area is 157 Å². The van der Waals surface area contributed by atoms with Crippen molar-refractivity contribution in [3.05, 3.63) is 46.3 Å². The molecule has 2 N–H and O–H groups in total. The SMILES string of the molecule is O=C(N[C@H](c1ccc2c(c1)CCO2)C1CC(O)C1)c1onc2c1CCCC2. The van der Waals surface area contributed by atoms with Crippen LogP contribution in [0.3, 0.4) is 0 Å². The molecule has 0 bridgehead atoms. The summed E-state index contributed by atoms with van der Waals surface area (Å²) in [6, 6.07) is 6.00. The Morgan fingerprint density at radius 2 is 2.07 bits per heavy atom. The van der Waals surface area contributed by atoms with Gasteiger partial charge < -0.3 is 19.7 Å². The summed E-state index contributed by atoms with van der Waals surface area (Å²) in [5, 5.41) is 17.1. The lowest BCUT2D eigenvalue weighted by Crippen LogP contribution is -2.41. The van der Waals surface area contributed by atoms with E-state index in [-0.39, 0.29) is 24.0 Å². The third kappa shape index (κ3) is 3.02. The molecule has 1 aliphatic heterocycles. The van der Waals surface area contributed by atoms with Gasteiger partial charge in [0.1, 0.15) is 5.75 Å². The lowest BCUT2D eigenvalue weighted by atomic mass is 9.74. The molecule has 1 saturated carbocycles. The molecule has 1 atom stereocenters. The van der Waals surface area contributed by atoms with Crippen LogP contribution in [0.4, 0.5) is 0 Å². The van der Waals surface area contributed by atoms with Gasteiger partial charge in [-0.05, 0) is 67.7 Å². The summed E-state index contributed by atoms with van der Waals surface area (Å²) >= 11 is 0. The molecule has 0 saturated heterocycles. The average Bonchev–Trinajstić information content (AvgIpc) is 3.29. The highest BCUT2D eigenvalue weighted by Gasteiger charge is 2.37. The molecule has 1 fully saturated rings. The first-order chi connectivity index (χ1) is 13.2. The maximum absolute atomic E-state index is 13.0. The molecule has 2 heterocycles. The molecule has 1 amide bonds. The van der Waals surface area contributed by atoms with Crippen LogP contribution in [0.15, 0.2) is 22.7 Å². The summed E-state index contributed by atoms with van der Waals surface area (Å²) in [6.07, 6.45) is 5.93. The van der Waals surface area contributed by atoms with Gasteiger partial charge in [0, 0.05) is 12.0 Å². The molecular weight excluding hydrogens is 344 g/mol. The quantitative estimate of drug-likeness (QED) is 0.867. The summed E-state index contributed by atoms with van der Waals surface area (Å²) in [7, 11) is 0. The molecule has 5 rings (SSSR count). The van der Waals surface area contributed by atoms with Crippen molar-refractivity contribution in [2.45, 2.75) is 57.1 Å². The number of nitrogens with zero attached hydrogens (tertiary/aromatic N) is 1. The third-order valence-electron chi connectivity index (χ3n) is 6.15. The zero-order chi connectivity index (χ0) is 18.4. The van der Waals surface area contributed by atoms with Crippen LogP contribution in [0.2, 0.25) is 0 Å². The number of hydrogen-bond acceptors (Lipinski definition) is 5. The highest BCUT2D eigenvalue weighted by atomic mass is 16.5. The number of aliphatic hydroxyl groups is 1. The van der Waals surface area contributed by atoms with E-state index in [1.807, 2.05) is 12.1 Å². The molecule has 27 heavy (non-hydrogen) atoms. The Kier molecular flexibility index (Phi) is 4.16. The van der Waals surface area contributed by atoms with Gasteiger partial charge in [0.05, 0.1) is 24.4 Å².